The monoisotopic (exact) mass is 197 g/mol. The molecule has 0 aromatic rings. The number of rotatable bonds is 6. The topological polar surface area (TPSA) is 56.1 Å². The molecule has 1 unspecified atom stereocenters. The van der Waals surface area contributed by atoms with Crippen LogP contribution in [0.1, 0.15) is 26.2 Å². The second-order valence-corrected chi connectivity index (χ2v) is 3.52. The maximum atomic E-state index is 11.4. The molecule has 0 aromatic heterocycles. The fourth-order valence-electron chi connectivity index (χ4n) is 1.12. The Hall–Kier alpha value is -1.08. The molecule has 0 heterocycles. The average molecular weight is 197 g/mol. The molecule has 1 N–H and O–H groups in total. The van der Waals surface area contributed by atoms with Crippen molar-refractivity contribution in [1.82, 2.24) is 10.2 Å². The van der Waals surface area contributed by atoms with Crippen molar-refractivity contribution in [2.24, 2.45) is 0 Å². The van der Waals surface area contributed by atoms with Gasteiger partial charge in [0.25, 0.3) is 0 Å². The number of amides is 1. The van der Waals surface area contributed by atoms with Crippen LogP contribution in [0.2, 0.25) is 0 Å². The zero-order chi connectivity index (χ0) is 11.0. The second-order valence-electron chi connectivity index (χ2n) is 3.52. The van der Waals surface area contributed by atoms with Gasteiger partial charge in [0.2, 0.25) is 5.91 Å². The summed E-state index contributed by atoms with van der Waals surface area (Å²) in [6.45, 7) is 2.65. The summed E-state index contributed by atoms with van der Waals surface area (Å²) < 4.78 is 0. The summed E-state index contributed by atoms with van der Waals surface area (Å²) in [7, 11) is 3.49. The number of unbranched alkanes of at least 4 members (excludes halogenated alkanes) is 2. The predicted octanol–water partition coefficient (Wildman–Crippen LogP) is 0.747. The first-order valence-electron chi connectivity index (χ1n) is 4.91. The SMILES string of the molecule is CC(NCCCCC#N)C(=O)N(C)C. The summed E-state index contributed by atoms with van der Waals surface area (Å²) in [6.07, 6.45) is 2.43. The average Bonchev–Trinajstić information content (AvgIpc) is 2.16. The van der Waals surface area contributed by atoms with E-state index in [0.29, 0.717) is 6.42 Å². The molecule has 80 valence electrons. The lowest BCUT2D eigenvalue weighted by atomic mass is 10.2. The molecule has 1 atom stereocenters. The number of carbonyl (C=O) groups excluding carboxylic acids is 1. The van der Waals surface area contributed by atoms with Crippen LogP contribution in [0.3, 0.4) is 0 Å². The molecule has 1 amide bonds. The van der Waals surface area contributed by atoms with Crippen molar-refractivity contribution in [1.29, 1.82) is 5.26 Å². The van der Waals surface area contributed by atoms with Gasteiger partial charge in [-0.25, -0.2) is 0 Å². The van der Waals surface area contributed by atoms with Crippen LogP contribution in [-0.4, -0.2) is 37.5 Å². The fourth-order valence-corrected chi connectivity index (χ4v) is 1.12. The van der Waals surface area contributed by atoms with E-state index in [1.54, 1.807) is 19.0 Å². The highest BCUT2D eigenvalue weighted by atomic mass is 16.2. The van der Waals surface area contributed by atoms with Crippen molar-refractivity contribution in [3.05, 3.63) is 0 Å². The van der Waals surface area contributed by atoms with Gasteiger partial charge in [0.15, 0.2) is 0 Å². The van der Waals surface area contributed by atoms with Gasteiger partial charge < -0.3 is 10.2 Å². The molecule has 0 fully saturated rings. The Bertz CT molecular complexity index is 208. The Balaban J connectivity index is 3.50. The van der Waals surface area contributed by atoms with Gasteiger partial charge >= 0.3 is 0 Å². The molecular weight excluding hydrogens is 178 g/mol. The lowest BCUT2D eigenvalue weighted by Crippen LogP contribution is -2.41. The molecule has 0 radical (unpaired) electrons. The maximum absolute atomic E-state index is 11.4. The van der Waals surface area contributed by atoms with Crippen LogP contribution in [0.4, 0.5) is 0 Å². The zero-order valence-corrected chi connectivity index (χ0v) is 9.21. The molecule has 4 nitrogen and oxygen atoms in total. The Morgan fingerprint density at radius 3 is 2.64 bits per heavy atom. The maximum Gasteiger partial charge on any atom is 0.238 e. The van der Waals surface area contributed by atoms with Crippen molar-refractivity contribution < 1.29 is 4.79 Å². The minimum atomic E-state index is -0.132. The van der Waals surface area contributed by atoms with Crippen molar-refractivity contribution in [3.63, 3.8) is 0 Å². The molecule has 0 aliphatic rings. The summed E-state index contributed by atoms with van der Waals surface area (Å²) in [5, 5.41) is 11.4. The molecular formula is C10H19N3O. The Morgan fingerprint density at radius 1 is 1.50 bits per heavy atom. The third kappa shape index (κ3) is 5.55. The largest absolute Gasteiger partial charge is 0.347 e. The summed E-state index contributed by atoms with van der Waals surface area (Å²) >= 11 is 0. The summed E-state index contributed by atoms with van der Waals surface area (Å²) in [5.41, 5.74) is 0. The van der Waals surface area contributed by atoms with Crippen molar-refractivity contribution in [3.8, 4) is 6.07 Å². The van der Waals surface area contributed by atoms with Crippen LogP contribution in [0.25, 0.3) is 0 Å². The zero-order valence-electron chi connectivity index (χ0n) is 9.21. The number of carbonyl (C=O) groups is 1. The Morgan fingerprint density at radius 2 is 2.14 bits per heavy atom. The minimum Gasteiger partial charge on any atom is -0.347 e. The molecule has 0 aromatic carbocycles. The van der Waals surface area contributed by atoms with Gasteiger partial charge in [-0.15, -0.1) is 0 Å². The summed E-state index contributed by atoms with van der Waals surface area (Å²) in [5.74, 6) is 0.0882. The van der Waals surface area contributed by atoms with Crippen LogP contribution in [0.5, 0.6) is 0 Å². The standard InChI is InChI=1S/C10H19N3O/c1-9(10(14)13(2)3)12-8-6-4-5-7-11/h9,12H,4-6,8H2,1-3H3. The van der Waals surface area contributed by atoms with E-state index in [1.165, 1.54) is 0 Å². The molecule has 0 aliphatic carbocycles. The summed E-state index contributed by atoms with van der Waals surface area (Å²) in [6, 6.07) is 1.96. The molecule has 0 spiro atoms. The van der Waals surface area contributed by atoms with E-state index in [9.17, 15) is 4.79 Å². The van der Waals surface area contributed by atoms with Crippen molar-refractivity contribution in [2.45, 2.75) is 32.2 Å². The highest BCUT2D eigenvalue weighted by Gasteiger charge is 2.12. The molecule has 14 heavy (non-hydrogen) atoms. The number of nitrogens with zero attached hydrogens (tertiary/aromatic N) is 2. The van der Waals surface area contributed by atoms with Gasteiger partial charge in [-0.1, -0.05) is 0 Å². The van der Waals surface area contributed by atoms with E-state index < -0.39 is 0 Å². The van der Waals surface area contributed by atoms with Crippen LogP contribution < -0.4 is 5.32 Å². The van der Waals surface area contributed by atoms with Gasteiger partial charge in [-0.05, 0) is 26.3 Å². The number of nitriles is 1. The van der Waals surface area contributed by atoms with Crippen LogP contribution in [0, 0.1) is 11.3 Å². The fraction of sp³-hybridized carbons (Fsp3) is 0.800. The number of nitrogens with one attached hydrogen (secondary N) is 1. The quantitative estimate of drug-likeness (QED) is 0.639. The molecule has 0 rings (SSSR count). The van der Waals surface area contributed by atoms with Crippen molar-refractivity contribution >= 4 is 5.91 Å². The molecule has 0 saturated heterocycles. The lowest BCUT2D eigenvalue weighted by molar-refractivity contribution is -0.130. The minimum absolute atomic E-state index is 0.0882. The first-order valence-corrected chi connectivity index (χ1v) is 4.91. The Labute approximate surface area is 85.9 Å². The van der Waals surface area contributed by atoms with Crippen LogP contribution in [0.15, 0.2) is 0 Å². The molecule has 0 aliphatic heterocycles. The van der Waals surface area contributed by atoms with Crippen LogP contribution in [-0.2, 0) is 4.79 Å². The third-order valence-corrected chi connectivity index (χ3v) is 1.98. The predicted molar refractivity (Wildman–Crippen MR) is 55.6 cm³/mol. The molecule has 0 saturated carbocycles. The van der Waals surface area contributed by atoms with Gasteiger partial charge in [0.1, 0.15) is 0 Å². The molecule has 0 bridgehead atoms. The highest BCUT2D eigenvalue weighted by Crippen LogP contribution is 1.94. The van der Waals surface area contributed by atoms with Crippen molar-refractivity contribution in [2.75, 3.05) is 20.6 Å². The number of likely N-dealkylation sites (N-methyl/N-ethyl adjacent to an activating group) is 1. The van der Waals surface area contributed by atoms with Gasteiger partial charge in [-0.2, -0.15) is 5.26 Å². The smallest absolute Gasteiger partial charge is 0.238 e. The van der Waals surface area contributed by atoms with E-state index in [1.807, 2.05) is 6.92 Å². The van der Waals surface area contributed by atoms with E-state index in [2.05, 4.69) is 11.4 Å². The van der Waals surface area contributed by atoms with E-state index in [4.69, 9.17) is 5.26 Å². The number of hydrogen-bond acceptors (Lipinski definition) is 3. The number of hydrogen-bond donors (Lipinski definition) is 1. The van der Waals surface area contributed by atoms with Gasteiger partial charge in [-0.3, -0.25) is 4.79 Å². The summed E-state index contributed by atoms with van der Waals surface area (Å²) in [4.78, 5) is 13.0. The Kier molecular flexibility index (Phi) is 6.77. The normalized spacial score (nSPS) is 11.9. The van der Waals surface area contributed by atoms with Crippen LogP contribution >= 0.6 is 0 Å². The van der Waals surface area contributed by atoms with E-state index in [0.717, 1.165) is 19.4 Å². The molecule has 4 heteroatoms. The first kappa shape index (κ1) is 12.9. The van der Waals surface area contributed by atoms with E-state index >= 15 is 0 Å². The highest BCUT2D eigenvalue weighted by molar-refractivity contribution is 5.80. The first-order chi connectivity index (χ1) is 6.59. The lowest BCUT2D eigenvalue weighted by Gasteiger charge is -2.17. The van der Waals surface area contributed by atoms with Gasteiger partial charge in [0, 0.05) is 20.5 Å². The third-order valence-electron chi connectivity index (χ3n) is 1.98. The van der Waals surface area contributed by atoms with Gasteiger partial charge in [0.05, 0.1) is 12.1 Å². The van der Waals surface area contributed by atoms with E-state index in [-0.39, 0.29) is 11.9 Å². The second kappa shape index (κ2) is 7.34.